The predicted octanol–water partition coefficient (Wildman–Crippen LogP) is 2.32. The summed E-state index contributed by atoms with van der Waals surface area (Å²) in [6.07, 6.45) is 1.69. The maximum absolute atomic E-state index is 10.9. The van der Waals surface area contributed by atoms with Crippen molar-refractivity contribution in [2.75, 3.05) is 13.2 Å². The van der Waals surface area contributed by atoms with E-state index in [-0.39, 0.29) is 5.91 Å². The molecule has 1 saturated heterocycles. The molecule has 1 fully saturated rings. The average molecular weight is 473 g/mol. The summed E-state index contributed by atoms with van der Waals surface area (Å²) in [6, 6.07) is 15.8. The molecule has 8 nitrogen and oxygen atoms in total. The van der Waals surface area contributed by atoms with E-state index in [4.69, 9.17) is 32.9 Å². The Labute approximate surface area is 198 Å². The largest absolute Gasteiger partial charge is 0.493 e. The Kier molecular flexibility index (Phi) is 9.96. The Morgan fingerprint density at radius 3 is 2.24 bits per heavy atom. The van der Waals surface area contributed by atoms with Crippen LogP contribution >= 0.6 is 12.2 Å². The number of nitrogens with zero attached hydrogens (tertiary/aromatic N) is 1. The van der Waals surface area contributed by atoms with Crippen molar-refractivity contribution in [1.82, 2.24) is 4.90 Å². The van der Waals surface area contributed by atoms with E-state index in [1.807, 2.05) is 42.5 Å². The molecule has 0 saturated carbocycles. The van der Waals surface area contributed by atoms with Crippen molar-refractivity contribution in [3.8, 4) is 5.75 Å². The highest BCUT2D eigenvalue weighted by Gasteiger charge is 2.36. The molecule has 0 aliphatic carbocycles. The Balaban J connectivity index is 0.000000273. The molecule has 3 rings (SSSR count). The molecule has 9 heteroatoms. The first-order chi connectivity index (χ1) is 15.7. The first kappa shape index (κ1) is 26.0. The Morgan fingerprint density at radius 2 is 1.73 bits per heavy atom. The lowest BCUT2D eigenvalue weighted by molar-refractivity contribution is -0.145. The second-order valence-electron chi connectivity index (χ2n) is 7.55. The lowest BCUT2D eigenvalue weighted by Gasteiger charge is -2.18. The summed E-state index contributed by atoms with van der Waals surface area (Å²) in [7, 11) is 0. The van der Waals surface area contributed by atoms with Gasteiger partial charge in [0, 0.05) is 24.8 Å². The van der Waals surface area contributed by atoms with Crippen LogP contribution in [0.15, 0.2) is 54.6 Å². The number of carbonyl (C=O) groups excluding carboxylic acids is 1. The average Bonchev–Trinajstić information content (AvgIpc) is 3.18. The maximum Gasteiger partial charge on any atom is 0.331 e. The van der Waals surface area contributed by atoms with Crippen molar-refractivity contribution < 1.29 is 29.3 Å². The summed E-state index contributed by atoms with van der Waals surface area (Å²) in [5, 5.41) is 17.5. The number of carbonyl (C=O) groups is 3. The number of ether oxygens (including phenoxy) is 1. The third-order valence-corrected chi connectivity index (χ3v) is 5.48. The molecule has 176 valence electrons. The molecule has 1 aliphatic heterocycles. The van der Waals surface area contributed by atoms with Crippen LogP contribution in [0.1, 0.15) is 24.5 Å². The van der Waals surface area contributed by atoms with Crippen molar-refractivity contribution in [3.05, 3.63) is 65.7 Å². The van der Waals surface area contributed by atoms with Gasteiger partial charge >= 0.3 is 11.9 Å². The molecule has 2 aromatic carbocycles. The predicted molar refractivity (Wildman–Crippen MR) is 127 cm³/mol. The van der Waals surface area contributed by atoms with Crippen molar-refractivity contribution in [1.29, 1.82) is 0 Å². The molecule has 33 heavy (non-hydrogen) atoms. The zero-order chi connectivity index (χ0) is 24.4. The minimum absolute atomic E-state index is 0.234. The molecule has 0 unspecified atom stereocenters. The molecule has 0 spiro atoms. The summed E-state index contributed by atoms with van der Waals surface area (Å²) < 4.78 is 5.67. The van der Waals surface area contributed by atoms with Crippen LogP contribution in [0.3, 0.4) is 0 Å². The minimum atomic E-state index is -1.03. The Bertz CT molecular complexity index is 965. The van der Waals surface area contributed by atoms with Crippen LogP contribution in [0.4, 0.5) is 0 Å². The van der Waals surface area contributed by atoms with Crippen LogP contribution in [0.5, 0.6) is 5.75 Å². The van der Waals surface area contributed by atoms with Crippen LogP contribution in [0.25, 0.3) is 0 Å². The van der Waals surface area contributed by atoms with E-state index in [1.165, 1.54) is 17.4 Å². The number of carboxylic acids is 2. The summed E-state index contributed by atoms with van der Waals surface area (Å²) in [6.45, 7) is 2.40. The molecule has 1 heterocycles. The van der Waals surface area contributed by atoms with Crippen molar-refractivity contribution in [3.63, 3.8) is 0 Å². The van der Waals surface area contributed by atoms with Gasteiger partial charge in [0.25, 0.3) is 0 Å². The number of carboxylic acid groups (broad SMARTS) is 2. The number of hydrogen-bond acceptors (Lipinski definition) is 6. The van der Waals surface area contributed by atoms with Crippen molar-refractivity contribution in [2.24, 2.45) is 5.73 Å². The van der Waals surface area contributed by atoms with Gasteiger partial charge in [0.15, 0.2) is 6.04 Å². The molecular formula is C24H28N2O6S. The molecule has 0 radical (unpaired) electrons. The van der Waals surface area contributed by atoms with E-state index in [9.17, 15) is 14.4 Å². The van der Waals surface area contributed by atoms with Crippen molar-refractivity contribution >= 4 is 34.9 Å². The summed E-state index contributed by atoms with van der Waals surface area (Å²) in [5.74, 6) is -1.48. The van der Waals surface area contributed by atoms with Gasteiger partial charge in [-0.1, -0.05) is 54.7 Å². The van der Waals surface area contributed by atoms with E-state index in [0.717, 1.165) is 17.7 Å². The van der Waals surface area contributed by atoms with Crippen LogP contribution in [0.2, 0.25) is 0 Å². The summed E-state index contributed by atoms with van der Waals surface area (Å²) in [5.41, 5.74) is 7.63. The smallest absolute Gasteiger partial charge is 0.331 e. The van der Waals surface area contributed by atoms with Crippen molar-refractivity contribution in [2.45, 2.75) is 38.3 Å². The number of thiocarbonyl (C=S) groups is 1. The van der Waals surface area contributed by atoms with Crippen LogP contribution in [-0.4, -0.2) is 63.1 Å². The number of amides is 1. The standard InChI is InChI=1S/C17H19NO3.C7H9NO3S/c18-16(17(19)20)12-14-6-8-15(9-7-14)21-11-10-13-4-2-1-3-5-13;1-4(9)8-3-2-5(12)6(8)7(10)11/h1-9,16H,10-12,18H2,(H,19,20);6H,2-3H2,1H3,(H,10,11)/t16-;6-/m00/s1. The first-order valence-corrected chi connectivity index (χ1v) is 10.9. The number of aliphatic carboxylic acids is 2. The number of rotatable bonds is 8. The van der Waals surface area contributed by atoms with E-state index < -0.39 is 24.0 Å². The lowest BCUT2D eigenvalue weighted by atomic mass is 10.1. The Hall–Kier alpha value is -3.30. The van der Waals surface area contributed by atoms with Gasteiger partial charge in [0.05, 0.1) is 6.61 Å². The monoisotopic (exact) mass is 472 g/mol. The fraction of sp³-hybridized carbons (Fsp3) is 0.333. The number of benzene rings is 2. The van der Waals surface area contributed by atoms with E-state index in [2.05, 4.69) is 12.1 Å². The van der Waals surface area contributed by atoms with Gasteiger partial charge in [-0.25, -0.2) is 4.79 Å². The van der Waals surface area contributed by atoms with Gasteiger partial charge in [-0.05, 0) is 36.1 Å². The highest BCUT2D eigenvalue weighted by atomic mass is 32.1. The van der Waals surface area contributed by atoms with Gasteiger partial charge in [-0.15, -0.1) is 0 Å². The molecule has 2 aromatic rings. The molecule has 1 aliphatic rings. The number of nitrogens with two attached hydrogens (primary N) is 1. The summed E-state index contributed by atoms with van der Waals surface area (Å²) in [4.78, 5) is 34.0. The van der Waals surface area contributed by atoms with E-state index in [1.54, 1.807) is 0 Å². The molecule has 1 amide bonds. The summed E-state index contributed by atoms with van der Waals surface area (Å²) >= 11 is 4.84. The maximum atomic E-state index is 10.9. The van der Waals surface area contributed by atoms with E-state index >= 15 is 0 Å². The first-order valence-electron chi connectivity index (χ1n) is 10.5. The zero-order valence-electron chi connectivity index (χ0n) is 18.3. The molecule has 0 aromatic heterocycles. The number of likely N-dealkylation sites (tertiary alicyclic amines) is 1. The molecule has 2 atom stereocenters. The van der Waals surface area contributed by atoms with Gasteiger partial charge in [0.1, 0.15) is 11.8 Å². The minimum Gasteiger partial charge on any atom is -0.493 e. The third-order valence-electron chi connectivity index (χ3n) is 5.05. The topological polar surface area (TPSA) is 130 Å². The number of hydrogen-bond donors (Lipinski definition) is 3. The highest BCUT2D eigenvalue weighted by molar-refractivity contribution is 7.80. The lowest BCUT2D eigenvalue weighted by Crippen LogP contribution is -2.41. The van der Waals surface area contributed by atoms with Crippen LogP contribution in [0, 0.1) is 0 Å². The van der Waals surface area contributed by atoms with Crippen LogP contribution < -0.4 is 10.5 Å². The molecular weight excluding hydrogens is 444 g/mol. The second kappa shape index (κ2) is 12.7. The molecule has 0 bridgehead atoms. The second-order valence-corrected chi connectivity index (χ2v) is 8.07. The fourth-order valence-corrected chi connectivity index (χ4v) is 3.59. The zero-order valence-corrected chi connectivity index (χ0v) is 19.2. The highest BCUT2D eigenvalue weighted by Crippen LogP contribution is 2.16. The third kappa shape index (κ3) is 8.28. The SMILES string of the molecule is CC(=O)N1CCC(=S)[C@H]1C(=O)O.N[C@@H](Cc1ccc(OCCc2ccccc2)cc1)C(=O)O. The van der Waals surface area contributed by atoms with Gasteiger partial charge in [-0.3, -0.25) is 9.59 Å². The van der Waals surface area contributed by atoms with Crippen LogP contribution in [-0.2, 0) is 27.2 Å². The fourth-order valence-electron chi connectivity index (χ4n) is 3.27. The van der Waals surface area contributed by atoms with Gasteiger partial charge < -0.3 is 25.6 Å². The van der Waals surface area contributed by atoms with E-state index in [0.29, 0.717) is 30.9 Å². The van der Waals surface area contributed by atoms with Gasteiger partial charge in [0.2, 0.25) is 5.91 Å². The molecule has 4 N–H and O–H groups in total. The quantitative estimate of drug-likeness (QED) is 0.499. The van der Waals surface area contributed by atoms with Gasteiger partial charge in [-0.2, -0.15) is 0 Å². The normalized spacial score (nSPS) is 15.9. The Morgan fingerprint density at radius 1 is 1.09 bits per heavy atom.